The van der Waals surface area contributed by atoms with E-state index in [0.29, 0.717) is 16.5 Å². The van der Waals surface area contributed by atoms with Gasteiger partial charge in [0, 0.05) is 26.5 Å². The molecule has 0 fully saturated rings. The number of esters is 1. The summed E-state index contributed by atoms with van der Waals surface area (Å²) >= 11 is 0. The molecule has 0 spiro atoms. The van der Waals surface area contributed by atoms with E-state index in [-0.39, 0.29) is 17.9 Å². The number of carbonyl (C=O) groups excluding carboxylic acids is 2. The topological polar surface area (TPSA) is 81.5 Å². The first-order valence-electron chi connectivity index (χ1n) is 7.17. The summed E-state index contributed by atoms with van der Waals surface area (Å²) in [6.07, 6.45) is -0.976. The Balaban J connectivity index is 2.25. The highest BCUT2D eigenvalue weighted by Gasteiger charge is 2.21. The molecule has 2 rings (SSSR count). The second kappa shape index (κ2) is 6.60. The molecule has 0 saturated carbocycles. The molecule has 2 aromatic rings. The highest BCUT2D eigenvalue weighted by molar-refractivity contribution is 5.88. The van der Waals surface area contributed by atoms with Crippen molar-refractivity contribution in [3.8, 4) is 0 Å². The Morgan fingerprint density at radius 1 is 1.26 bits per heavy atom. The maximum Gasteiger partial charge on any atom is 0.312 e. The number of aryl methyl sites for hydroxylation is 1. The van der Waals surface area contributed by atoms with Crippen LogP contribution >= 0.6 is 0 Å². The monoisotopic (exact) mass is 317 g/mol. The molecule has 0 bridgehead atoms. The molecule has 1 aromatic carbocycles. The number of fused-ring (bicyclic) bond motifs is 1. The second-order valence-corrected chi connectivity index (χ2v) is 5.46. The molecule has 122 valence electrons. The largest absolute Gasteiger partial charge is 0.452 e. The maximum atomic E-state index is 12.1. The number of ether oxygens (including phenoxy) is 1. The first-order valence-corrected chi connectivity index (χ1v) is 7.17. The van der Waals surface area contributed by atoms with Gasteiger partial charge in [-0.1, -0.05) is 18.2 Å². The summed E-state index contributed by atoms with van der Waals surface area (Å²) in [6, 6.07) is 6.95. The van der Waals surface area contributed by atoms with E-state index < -0.39 is 12.1 Å². The highest BCUT2D eigenvalue weighted by Crippen LogP contribution is 2.14. The van der Waals surface area contributed by atoms with E-state index in [1.54, 1.807) is 38.4 Å². The Hall–Kier alpha value is -2.70. The zero-order valence-electron chi connectivity index (χ0n) is 13.6. The molecule has 1 amide bonds. The molecule has 1 aromatic heterocycles. The molecule has 7 heteroatoms. The minimum absolute atomic E-state index is 0.111. The van der Waals surface area contributed by atoms with E-state index >= 15 is 0 Å². The third-order valence-corrected chi connectivity index (χ3v) is 3.44. The van der Waals surface area contributed by atoms with Crippen LogP contribution in [-0.2, 0) is 27.8 Å². The number of carbonyl (C=O) groups is 2. The molecule has 0 unspecified atom stereocenters. The first-order chi connectivity index (χ1) is 10.8. The van der Waals surface area contributed by atoms with Crippen molar-refractivity contribution in [3.05, 3.63) is 40.3 Å². The van der Waals surface area contributed by atoms with Gasteiger partial charge in [0.1, 0.15) is 0 Å². The van der Waals surface area contributed by atoms with Crippen molar-refractivity contribution in [3.63, 3.8) is 0 Å². The number of nitrogens with zero attached hydrogens (tertiary/aromatic N) is 3. The molecule has 0 aliphatic carbocycles. The number of amides is 1. The Bertz CT molecular complexity index is 811. The smallest absolute Gasteiger partial charge is 0.312 e. The third-order valence-electron chi connectivity index (χ3n) is 3.44. The Kier molecular flexibility index (Phi) is 4.78. The van der Waals surface area contributed by atoms with Crippen molar-refractivity contribution in [1.82, 2.24) is 14.7 Å². The number of benzene rings is 1. The van der Waals surface area contributed by atoms with E-state index in [1.165, 1.54) is 23.6 Å². The minimum Gasteiger partial charge on any atom is -0.452 e. The van der Waals surface area contributed by atoms with Crippen molar-refractivity contribution < 1.29 is 14.3 Å². The Morgan fingerprint density at radius 3 is 2.48 bits per heavy atom. The van der Waals surface area contributed by atoms with Crippen LogP contribution in [-0.4, -0.2) is 46.8 Å². The van der Waals surface area contributed by atoms with Crippen LogP contribution in [0.4, 0.5) is 0 Å². The number of likely N-dealkylation sites (N-methyl/N-ethyl adjacent to an activating group) is 1. The molecule has 0 aliphatic heterocycles. The standard InChI is InChI=1S/C16H19N3O4/c1-10(15(21)18(2)3)23-14(20)9-13-11-7-5-6-8-12(11)16(22)19(4)17-13/h5-8,10H,9H2,1-4H3/t10-/m0/s1. The van der Waals surface area contributed by atoms with Gasteiger partial charge in [0.25, 0.3) is 11.5 Å². The lowest BCUT2D eigenvalue weighted by molar-refractivity contribution is -0.157. The van der Waals surface area contributed by atoms with Crippen molar-refractivity contribution in [2.75, 3.05) is 14.1 Å². The van der Waals surface area contributed by atoms with Crippen LogP contribution in [0.15, 0.2) is 29.1 Å². The van der Waals surface area contributed by atoms with E-state index in [9.17, 15) is 14.4 Å². The summed E-state index contributed by atoms with van der Waals surface area (Å²) in [5, 5.41) is 5.24. The SMILES string of the molecule is C[C@H](OC(=O)Cc1nn(C)c(=O)c2ccccc12)C(=O)N(C)C. The zero-order valence-corrected chi connectivity index (χ0v) is 13.6. The lowest BCUT2D eigenvalue weighted by Crippen LogP contribution is -2.35. The van der Waals surface area contributed by atoms with Crippen LogP contribution in [0.5, 0.6) is 0 Å². The molecule has 1 heterocycles. The molecule has 0 saturated heterocycles. The van der Waals surface area contributed by atoms with E-state index in [4.69, 9.17) is 4.74 Å². The Labute approximate surface area is 133 Å². The molecule has 0 N–H and O–H groups in total. The summed E-state index contributed by atoms with van der Waals surface area (Å²) in [5.41, 5.74) is 0.214. The van der Waals surface area contributed by atoms with Crippen LogP contribution in [0.1, 0.15) is 12.6 Å². The molecule has 0 aliphatic rings. The average Bonchev–Trinajstić information content (AvgIpc) is 2.51. The van der Waals surface area contributed by atoms with Gasteiger partial charge < -0.3 is 9.64 Å². The highest BCUT2D eigenvalue weighted by atomic mass is 16.5. The summed E-state index contributed by atoms with van der Waals surface area (Å²) in [5.74, 6) is -0.861. The summed E-state index contributed by atoms with van der Waals surface area (Å²) in [7, 11) is 4.71. The van der Waals surface area contributed by atoms with Crippen molar-refractivity contribution in [2.24, 2.45) is 7.05 Å². The van der Waals surface area contributed by atoms with E-state index in [0.717, 1.165) is 0 Å². The second-order valence-electron chi connectivity index (χ2n) is 5.46. The van der Waals surface area contributed by atoms with Gasteiger partial charge >= 0.3 is 5.97 Å². The minimum atomic E-state index is -0.865. The molecule has 7 nitrogen and oxygen atoms in total. The van der Waals surface area contributed by atoms with Gasteiger partial charge in [0.2, 0.25) is 0 Å². The maximum absolute atomic E-state index is 12.1. The molecule has 1 atom stereocenters. The van der Waals surface area contributed by atoms with Gasteiger partial charge in [-0.3, -0.25) is 14.4 Å². The molecule has 0 radical (unpaired) electrons. The normalized spacial score (nSPS) is 12.0. The summed E-state index contributed by atoms with van der Waals surface area (Å²) in [4.78, 5) is 37.2. The lowest BCUT2D eigenvalue weighted by Gasteiger charge is -2.17. The van der Waals surface area contributed by atoms with Crippen LogP contribution in [0.25, 0.3) is 10.8 Å². The summed E-state index contributed by atoms with van der Waals surface area (Å²) < 4.78 is 6.33. The number of hydrogen-bond acceptors (Lipinski definition) is 5. The molecular weight excluding hydrogens is 298 g/mol. The fourth-order valence-electron chi connectivity index (χ4n) is 2.30. The van der Waals surface area contributed by atoms with Crippen LogP contribution in [0, 0.1) is 0 Å². The van der Waals surface area contributed by atoms with Crippen LogP contribution in [0.2, 0.25) is 0 Å². The lowest BCUT2D eigenvalue weighted by atomic mass is 10.1. The van der Waals surface area contributed by atoms with Gasteiger partial charge in [-0.2, -0.15) is 5.10 Å². The van der Waals surface area contributed by atoms with Gasteiger partial charge in [0.15, 0.2) is 6.10 Å². The predicted molar refractivity (Wildman–Crippen MR) is 84.9 cm³/mol. The quantitative estimate of drug-likeness (QED) is 0.767. The zero-order chi connectivity index (χ0) is 17.1. The van der Waals surface area contributed by atoms with Gasteiger partial charge in [-0.25, -0.2) is 4.68 Å². The van der Waals surface area contributed by atoms with Crippen LogP contribution < -0.4 is 5.56 Å². The third kappa shape index (κ3) is 3.56. The molecule has 23 heavy (non-hydrogen) atoms. The molecular formula is C16H19N3O4. The number of rotatable bonds is 4. The van der Waals surface area contributed by atoms with Gasteiger partial charge in [-0.15, -0.1) is 0 Å². The predicted octanol–water partition coefficient (Wildman–Crippen LogP) is 0.496. The van der Waals surface area contributed by atoms with Crippen molar-refractivity contribution >= 4 is 22.6 Å². The fraction of sp³-hybridized carbons (Fsp3) is 0.375. The van der Waals surface area contributed by atoms with Crippen molar-refractivity contribution in [1.29, 1.82) is 0 Å². The fourth-order valence-corrected chi connectivity index (χ4v) is 2.30. The Morgan fingerprint density at radius 2 is 1.87 bits per heavy atom. The van der Waals surface area contributed by atoms with E-state index in [1.807, 2.05) is 0 Å². The van der Waals surface area contributed by atoms with Gasteiger partial charge in [0.05, 0.1) is 17.5 Å². The van der Waals surface area contributed by atoms with E-state index in [2.05, 4.69) is 5.10 Å². The van der Waals surface area contributed by atoms with Crippen molar-refractivity contribution in [2.45, 2.75) is 19.4 Å². The average molecular weight is 317 g/mol. The van der Waals surface area contributed by atoms with Crippen LogP contribution in [0.3, 0.4) is 0 Å². The van der Waals surface area contributed by atoms with Gasteiger partial charge in [-0.05, 0) is 13.0 Å². The number of hydrogen-bond donors (Lipinski definition) is 0. The summed E-state index contributed by atoms with van der Waals surface area (Å²) in [6.45, 7) is 1.52. The first kappa shape index (κ1) is 16.7. The number of aromatic nitrogens is 2.